The van der Waals surface area contributed by atoms with Crippen LogP contribution in [0.5, 0.6) is 0 Å². The van der Waals surface area contributed by atoms with E-state index in [2.05, 4.69) is 12.6 Å². The van der Waals surface area contributed by atoms with Crippen LogP contribution in [0.3, 0.4) is 0 Å². The fraction of sp³-hybridized carbons (Fsp3) is 1.00. The molecule has 1 heteroatoms. The van der Waals surface area contributed by atoms with Gasteiger partial charge in [0.1, 0.15) is 0 Å². The lowest BCUT2D eigenvalue weighted by molar-refractivity contribution is 0.344. The fourth-order valence-electron chi connectivity index (χ4n) is 1.89. The third-order valence-electron chi connectivity index (χ3n) is 2.97. The first kappa shape index (κ1) is 6.09. The van der Waals surface area contributed by atoms with E-state index in [1.54, 1.807) is 0 Å². The van der Waals surface area contributed by atoms with E-state index in [0.29, 0.717) is 0 Å². The molecule has 2 aliphatic carbocycles. The summed E-state index contributed by atoms with van der Waals surface area (Å²) in [5, 5.41) is 0.733. The first-order chi connectivity index (χ1) is 4.31. The second kappa shape index (κ2) is 1.91. The molecule has 0 aromatic carbocycles. The normalized spacial score (nSPS) is 33.0. The molecule has 9 heavy (non-hydrogen) atoms. The van der Waals surface area contributed by atoms with Crippen LogP contribution in [0.1, 0.15) is 38.5 Å². The van der Waals surface area contributed by atoms with E-state index in [1.807, 2.05) is 0 Å². The maximum atomic E-state index is 4.47. The third kappa shape index (κ3) is 1.12. The van der Waals surface area contributed by atoms with Gasteiger partial charge in [0.25, 0.3) is 0 Å². The lowest BCUT2D eigenvalue weighted by atomic mass is 9.86. The number of thiol groups is 1. The van der Waals surface area contributed by atoms with E-state index < -0.39 is 0 Å². The van der Waals surface area contributed by atoms with Gasteiger partial charge in [-0.1, -0.05) is 0 Å². The van der Waals surface area contributed by atoms with Crippen LogP contribution in [-0.4, -0.2) is 5.25 Å². The first-order valence-corrected chi connectivity index (χ1v) is 4.51. The summed E-state index contributed by atoms with van der Waals surface area (Å²) < 4.78 is 0. The fourth-order valence-corrected chi connectivity index (χ4v) is 2.15. The highest BCUT2D eigenvalue weighted by atomic mass is 32.1. The summed E-state index contributed by atoms with van der Waals surface area (Å²) >= 11 is 4.47. The van der Waals surface area contributed by atoms with Crippen molar-refractivity contribution in [2.24, 2.45) is 5.41 Å². The van der Waals surface area contributed by atoms with Crippen LogP contribution in [0.2, 0.25) is 0 Å². The Bertz CT molecular complexity index is 106. The van der Waals surface area contributed by atoms with Crippen LogP contribution in [0, 0.1) is 5.41 Å². The van der Waals surface area contributed by atoms with Gasteiger partial charge in [-0.2, -0.15) is 12.6 Å². The van der Waals surface area contributed by atoms with Gasteiger partial charge in [0.05, 0.1) is 0 Å². The largest absolute Gasteiger partial charge is 0.176 e. The quantitative estimate of drug-likeness (QED) is 0.494. The van der Waals surface area contributed by atoms with Crippen molar-refractivity contribution in [1.82, 2.24) is 0 Å². The Morgan fingerprint density at radius 3 is 2.00 bits per heavy atom. The molecule has 2 fully saturated rings. The molecule has 0 nitrogen and oxygen atoms in total. The van der Waals surface area contributed by atoms with Gasteiger partial charge in [-0.05, 0) is 43.9 Å². The Morgan fingerprint density at radius 1 is 1.00 bits per heavy atom. The molecule has 0 aliphatic heterocycles. The maximum absolute atomic E-state index is 4.47. The second-order valence-electron chi connectivity index (χ2n) is 3.73. The van der Waals surface area contributed by atoms with Crippen molar-refractivity contribution < 1.29 is 0 Å². The zero-order valence-corrected chi connectivity index (χ0v) is 6.66. The molecule has 52 valence electrons. The van der Waals surface area contributed by atoms with Gasteiger partial charge >= 0.3 is 0 Å². The minimum absolute atomic E-state index is 0.733. The van der Waals surface area contributed by atoms with Gasteiger partial charge in [-0.25, -0.2) is 0 Å². The summed E-state index contributed by atoms with van der Waals surface area (Å²) in [6.45, 7) is 0. The lowest BCUT2D eigenvalue weighted by Crippen LogP contribution is -2.14. The van der Waals surface area contributed by atoms with E-state index in [0.717, 1.165) is 10.7 Å². The second-order valence-corrected chi connectivity index (χ2v) is 4.46. The molecule has 0 saturated heterocycles. The third-order valence-corrected chi connectivity index (χ3v) is 3.49. The average Bonchev–Trinajstić information content (AvgIpc) is 2.60. The van der Waals surface area contributed by atoms with Gasteiger partial charge in [-0.3, -0.25) is 0 Å². The summed E-state index contributed by atoms with van der Waals surface area (Å²) in [6.07, 6.45) is 8.75. The van der Waals surface area contributed by atoms with Crippen molar-refractivity contribution in [3.05, 3.63) is 0 Å². The number of rotatable bonds is 0. The zero-order chi connectivity index (χ0) is 6.32. The molecule has 0 unspecified atom stereocenters. The highest BCUT2D eigenvalue weighted by Crippen LogP contribution is 2.56. The molecule has 0 atom stereocenters. The molecular formula is C8H14S. The van der Waals surface area contributed by atoms with Gasteiger partial charge in [0, 0.05) is 5.25 Å². The summed E-state index contributed by atoms with van der Waals surface area (Å²) in [6, 6.07) is 0. The standard InChI is InChI=1S/C8H14S/c9-7-1-3-8(4-2-7)5-6-8/h7,9H,1-6H2. The lowest BCUT2D eigenvalue weighted by Gasteiger charge is -2.24. The minimum Gasteiger partial charge on any atom is -0.176 e. The highest BCUT2D eigenvalue weighted by molar-refractivity contribution is 7.80. The van der Waals surface area contributed by atoms with E-state index >= 15 is 0 Å². The Morgan fingerprint density at radius 2 is 1.56 bits per heavy atom. The molecular weight excluding hydrogens is 128 g/mol. The minimum atomic E-state index is 0.733. The van der Waals surface area contributed by atoms with Crippen molar-refractivity contribution in [3.63, 3.8) is 0 Å². The van der Waals surface area contributed by atoms with Crippen molar-refractivity contribution in [2.75, 3.05) is 0 Å². The van der Waals surface area contributed by atoms with Crippen LogP contribution in [0.4, 0.5) is 0 Å². The summed E-state index contributed by atoms with van der Waals surface area (Å²) in [7, 11) is 0. The maximum Gasteiger partial charge on any atom is 0.00172 e. The SMILES string of the molecule is SC1CCC2(CC1)CC2. The van der Waals surface area contributed by atoms with Crippen molar-refractivity contribution in [3.8, 4) is 0 Å². The Labute approximate surface area is 62.4 Å². The van der Waals surface area contributed by atoms with Crippen molar-refractivity contribution >= 4 is 12.6 Å². The molecule has 2 aliphatic rings. The van der Waals surface area contributed by atoms with Gasteiger partial charge < -0.3 is 0 Å². The van der Waals surface area contributed by atoms with E-state index in [9.17, 15) is 0 Å². The number of hydrogen-bond acceptors (Lipinski definition) is 1. The average molecular weight is 142 g/mol. The van der Waals surface area contributed by atoms with E-state index in [1.165, 1.54) is 38.5 Å². The topological polar surface area (TPSA) is 0 Å². The molecule has 2 saturated carbocycles. The molecule has 0 aromatic heterocycles. The molecule has 0 heterocycles. The Kier molecular flexibility index (Phi) is 1.29. The van der Waals surface area contributed by atoms with Crippen LogP contribution in [0.25, 0.3) is 0 Å². The van der Waals surface area contributed by atoms with E-state index in [4.69, 9.17) is 0 Å². The molecule has 0 amide bonds. The molecule has 0 N–H and O–H groups in total. The predicted molar refractivity (Wildman–Crippen MR) is 42.9 cm³/mol. The molecule has 1 spiro atoms. The first-order valence-electron chi connectivity index (χ1n) is 3.99. The molecule has 2 rings (SSSR count). The predicted octanol–water partition coefficient (Wildman–Crippen LogP) is 2.64. The van der Waals surface area contributed by atoms with Gasteiger partial charge in [0.2, 0.25) is 0 Å². The Hall–Kier alpha value is 0.350. The highest BCUT2D eigenvalue weighted by Gasteiger charge is 2.43. The smallest absolute Gasteiger partial charge is 0.00172 e. The van der Waals surface area contributed by atoms with Gasteiger partial charge in [-0.15, -0.1) is 0 Å². The molecule has 0 aromatic rings. The van der Waals surface area contributed by atoms with Crippen LogP contribution in [-0.2, 0) is 0 Å². The molecule has 0 bridgehead atoms. The van der Waals surface area contributed by atoms with Crippen LogP contribution >= 0.6 is 12.6 Å². The van der Waals surface area contributed by atoms with Crippen LogP contribution < -0.4 is 0 Å². The number of hydrogen-bond donors (Lipinski definition) is 1. The summed E-state index contributed by atoms with van der Waals surface area (Å²) in [5.74, 6) is 0. The summed E-state index contributed by atoms with van der Waals surface area (Å²) in [4.78, 5) is 0. The Balaban J connectivity index is 1.91. The van der Waals surface area contributed by atoms with Gasteiger partial charge in [0.15, 0.2) is 0 Å². The monoisotopic (exact) mass is 142 g/mol. The summed E-state index contributed by atoms with van der Waals surface area (Å²) in [5.41, 5.74) is 0.860. The molecule has 0 radical (unpaired) electrons. The zero-order valence-electron chi connectivity index (χ0n) is 5.77. The van der Waals surface area contributed by atoms with E-state index in [-0.39, 0.29) is 0 Å². The van der Waals surface area contributed by atoms with Crippen molar-refractivity contribution in [2.45, 2.75) is 43.8 Å². The van der Waals surface area contributed by atoms with Crippen LogP contribution in [0.15, 0.2) is 0 Å². The van der Waals surface area contributed by atoms with Crippen molar-refractivity contribution in [1.29, 1.82) is 0 Å².